The molecule has 3 aromatic rings. The molecule has 1 aromatic heterocycles. The van der Waals surface area contributed by atoms with Crippen molar-refractivity contribution in [3.63, 3.8) is 0 Å². The van der Waals surface area contributed by atoms with Crippen LogP contribution in [-0.2, 0) is 22.5 Å². The average molecular weight is 437 g/mol. The Bertz CT molecular complexity index is 1130. The van der Waals surface area contributed by atoms with Crippen LogP contribution in [0.4, 0.5) is 4.79 Å². The Morgan fingerprint density at radius 2 is 1.91 bits per heavy atom. The second kappa shape index (κ2) is 8.82. The van der Waals surface area contributed by atoms with Gasteiger partial charge < -0.3 is 29.8 Å². The number of hydrogen-bond acceptors (Lipinski definition) is 5. The third-order valence-corrected chi connectivity index (χ3v) is 5.04. The van der Waals surface area contributed by atoms with Gasteiger partial charge in [-0.1, -0.05) is 30.3 Å². The minimum absolute atomic E-state index is 0.156. The van der Waals surface area contributed by atoms with Gasteiger partial charge in [-0.3, -0.25) is 4.79 Å². The second-order valence-corrected chi connectivity index (χ2v) is 8.63. The Morgan fingerprint density at radius 1 is 1.09 bits per heavy atom. The number of aromatic amines is 1. The van der Waals surface area contributed by atoms with Crippen LogP contribution in [0.15, 0.2) is 48.7 Å². The topological polar surface area (TPSA) is 102 Å². The Kier molecular flexibility index (Phi) is 5.94. The van der Waals surface area contributed by atoms with Gasteiger partial charge in [0.2, 0.25) is 12.7 Å². The molecule has 2 aromatic carbocycles. The summed E-state index contributed by atoms with van der Waals surface area (Å²) < 4.78 is 16.3. The number of amides is 2. The molecule has 0 aliphatic carbocycles. The van der Waals surface area contributed by atoms with Crippen molar-refractivity contribution in [1.82, 2.24) is 15.6 Å². The molecule has 0 radical (unpaired) electrons. The molecule has 0 fully saturated rings. The normalized spacial score (nSPS) is 13.6. The van der Waals surface area contributed by atoms with Crippen LogP contribution in [-0.4, -0.2) is 35.4 Å². The molecule has 0 bridgehead atoms. The molecular formula is C24H27N3O5. The van der Waals surface area contributed by atoms with Crippen molar-refractivity contribution in [2.45, 2.75) is 45.4 Å². The second-order valence-electron chi connectivity index (χ2n) is 8.63. The first-order valence-corrected chi connectivity index (χ1v) is 10.5. The summed E-state index contributed by atoms with van der Waals surface area (Å²) in [6.07, 6.45) is 1.52. The molecule has 1 aliphatic heterocycles. The zero-order chi connectivity index (χ0) is 22.7. The van der Waals surface area contributed by atoms with Gasteiger partial charge in [-0.05, 0) is 38.5 Å². The van der Waals surface area contributed by atoms with E-state index in [9.17, 15) is 9.59 Å². The van der Waals surface area contributed by atoms with E-state index in [0.29, 0.717) is 17.9 Å². The minimum Gasteiger partial charge on any atom is -0.454 e. The maximum Gasteiger partial charge on any atom is 0.408 e. The number of carbonyl (C=O) groups excluding carboxylic acids is 2. The Hall–Kier alpha value is -3.68. The number of carbonyl (C=O) groups is 2. The zero-order valence-electron chi connectivity index (χ0n) is 18.4. The van der Waals surface area contributed by atoms with Crippen LogP contribution in [0.25, 0.3) is 10.9 Å². The van der Waals surface area contributed by atoms with E-state index in [0.717, 1.165) is 22.0 Å². The highest BCUT2D eigenvalue weighted by Gasteiger charge is 2.26. The van der Waals surface area contributed by atoms with Gasteiger partial charge >= 0.3 is 6.09 Å². The lowest BCUT2D eigenvalue weighted by Crippen LogP contribution is -2.49. The van der Waals surface area contributed by atoms with Gasteiger partial charge in [0.25, 0.3) is 0 Å². The lowest BCUT2D eigenvalue weighted by atomic mass is 10.0. The van der Waals surface area contributed by atoms with Crippen molar-refractivity contribution < 1.29 is 23.8 Å². The maximum atomic E-state index is 13.1. The molecule has 1 aliphatic rings. The summed E-state index contributed by atoms with van der Waals surface area (Å²) in [5.74, 6) is 0.956. The highest BCUT2D eigenvalue weighted by molar-refractivity contribution is 5.88. The fraction of sp³-hybridized carbons (Fsp3) is 0.333. The van der Waals surface area contributed by atoms with E-state index < -0.39 is 17.7 Å². The highest BCUT2D eigenvalue weighted by atomic mass is 16.7. The molecule has 8 heteroatoms. The summed E-state index contributed by atoms with van der Waals surface area (Å²) in [4.78, 5) is 28.8. The number of H-pyrrole nitrogens is 1. The number of aromatic nitrogens is 1. The van der Waals surface area contributed by atoms with Crippen molar-refractivity contribution in [3.05, 3.63) is 59.8 Å². The van der Waals surface area contributed by atoms with E-state index in [2.05, 4.69) is 15.6 Å². The molecule has 2 heterocycles. The van der Waals surface area contributed by atoms with Gasteiger partial charge in [0.05, 0.1) is 0 Å². The fourth-order valence-electron chi connectivity index (χ4n) is 3.61. The van der Waals surface area contributed by atoms with Crippen LogP contribution in [0.3, 0.4) is 0 Å². The monoisotopic (exact) mass is 437 g/mol. The van der Waals surface area contributed by atoms with E-state index in [1.807, 2.05) is 48.7 Å². The molecule has 0 saturated carbocycles. The molecule has 0 saturated heterocycles. The molecule has 0 spiro atoms. The molecule has 4 rings (SSSR count). The van der Waals surface area contributed by atoms with Gasteiger partial charge in [-0.15, -0.1) is 0 Å². The summed E-state index contributed by atoms with van der Waals surface area (Å²) in [6, 6.07) is 12.5. The summed E-state index contributed by atoms with van der Waals surface area (Å²) in [7, 11) is 0. The van der Waals surface area contributed by atoms with Crippen molar-refractivity contribution in [1.29, 1.82) is 0 Å². The number of ether oxygens (including phenoxy) is 3. The van der Waals surface area contributed by atoms with E-state index >= 15 is 0 Å². The number of para-hydroxylation sites is 2. The molecule has 2 amide bonds. The standard InChI is InChI=1S/C24H27N3O5/c1-24(2,3)32-23(29)27-19(11-16-13-25-18-9-5-4-8-17(16)18)22(28)26-12-15-7-6-10-20-21(15)31-14-30-20/h4-10,13,19,25H,11-12,14H2,1-3H3,(H,26,28)(H,27,29)/t19-/m0/s1. The number of hydrogen-bond donors (Lipinski definition) is 3. The number of alkyl carbamates (subject to hydrolysis) is 1. The third-order valence-electron chi connectivity index (χ3n) is 5.04. The van der Waals surface area contributed by atoms with E-state index in [-0.39, 0.29) is 19.2 Å². The van der Waals surface area contributed by atoms with Crippen LogP contribution in [0, 0.1) is 0 Å². The zero-order valence-corrected chi connectivity index (χ0v) is 18.4. The van der Waals surface area contributed by atoms with Crippen molar-refractivity contribution >= 4 is 22.9 Å². The largest absolute Gasteiger partial charge is 0.454 e. The van der Waals surface area contributed by atoms with Gasteiger partial charge in [0.15, 0.2) is 11.5 Å². The van der Waals surface area contributed by atoms with Gasteiger partial charge in [-0.25, -0.2) is 4.79 Å². The van der Waals surface area contributed by atoms with Gasteiger partial charge in [-0.2, -0.15) is 0 Å². The van der Waals surface area contributed by atoms with Crippen molar-refractivity contribution in [2.75, 3.05) is 6.79 Å². The molecule has 1 atom stereocenters. The lowest BCUT2D eigenvalue weighted by Gasteiger charge is -2.23. The van der Waals surface area contributed by atoms with Crippen LogP contribution in [0.5, 0.6) is 11.5 Å². The van der Waals surface area contributed by atoms with E-state index in [1.165, 1.54) is 0 Å². The van der Waals surface area contributed by atoms with Crippen molar-refractivity contribution in [2.24, 2.45) is 0 Å². The average Bonchev–Trinajstić information content (AvgIpc) is 3.37. The number of nitrogens with one attached hydrogen (secondary N) is 3. The number of benzene rings is 2. The van der Waals surface area contributed by atoms with E-state index in [4.69, 9.17) is 14.2 Å². The van der Waals surface area contributed by atoms with Crippen LogP contribution < -0.4 is 20.1 Å². The number of fused-ring (bicyclic) bond motifs is 2. The quantitative estimate of drug-likeness (QED) is 0.546. The first kappa shape index (κ1) is 21.5. The first-order chi connectivity index (χ1) is 15.3. The van der Waals surface area contributed by atoms with Crippen LogP contribution in [0.1, 0.15) is 31.9 Å². The summed E-state index contributed by atoms with van der Waals surface area (Å²) in [5.41, 5.74) is 2.02. The van der Waals surface area contributed by atoms with Crippen molar-refractivity contribution in [3.8, 4) is 11.5 Å². The minimum atomic E-state index is -0.821. The molecule has 32 heavy (non-hydrogen) atoms. The fourth-order valence-corrected chi connectivity index (χ4v) is 3.61. The number of rotatable bonds is 6. The SMILES string of the molecule is CC(C)(C)OC(=O)N[C@@H](Cc1c[nH]c2ccccc12)C(=O)NCc1cccc2c1OCO2. The first-order valence-electron chi connectivity index (χ1n) is 10.5. The lowest BCUT2D eigenvalue weighted by molar-refractivity contribution is -0.123. The van der Waals surface area contributed by atoms with E-state index in [1.54, 1.807) is 20.8 Å². The Morgan fingerprint density at radius 3 is 2.72 bits per heavy atom. The smallest absolute Gasteiger partial charge is 0.408 e. The van der Waals surface area contributed by atoms with Gasteiger partial charge in [0.1, 0.15) is 11.6 Å². The maximum absolute atomic E-state index is 13.1. The summed E-state index contributed by atoms with van der Waals surface area (Å²) in [6.45, 7) is 5.73. The van der Waals surface area contributed by atoms with Gasteiger partial charge in [0, 0.05) is 35.6 Å². The Balaban J connectivity index is 1.50. The molecule has 168 valence electrons. The predicted molar refractivity (Wildman–Crippen MR) is 120 cm³/mol. The van der Waals surface area contributed by atoms with Crippen LogP contribution >= 0.6 is 0 Å². The molecule has 3 N–H and O–H groups in total. The predicted octanol–water partition coefficient (Wildman–Crippen LogP) is 3.65. The molecular weight excluding hydrogens is 410 g/mol. The third kappa shape index (κ3) is 4.96. The summed E-state index contributed by atoms with van der Waals surface area (Å²) >= 11 is 0. The molecule has 8 nitrogen and oxygen atoms in total. The molecule has 0 unspecified atom stereocenters. The van der Waals surface area contributed by atoms with Crippen LogP contribution in [0.2, 0.25) is 0 Å². The Labute approximate surface area is 186 Å². The summed E-state index contributed by atoms with van der Waals surface area (Å²) in [5, 5.41) is 6.63. The highest BCUT2D eigenvalue weighted by Crippen LogP contribution is 2.35.